The fourth-order valence-electron chi connectivity index (χ4n) is 3.06. The third-order valence-corrected chi connectivity index (χ3v) is 6.82. The van der Waals surface area contributed by atoms with E-state index in [2.05, 4.69) is 5.32 Å². The van der Waals surface area contributed by atoms with Crippen LogP contribution in [0.4, 0.5) is 5.69 Å². The van der Waals surface area contributed by atoms with Crippen LogP contribution in [0, 0.1) is 12.8 Å². The average Bonchev–Trinajstić information content (AvgIpc) is 2.69. The van der Waals surface area contributed by atoms with Gasteiger partial charge in [0.25, 0.3) is 5.91 Å². The smallest absolute Gasteiger partial charge is 0.309 e. The van der Waals surface area contributed by atoms with Gasteiger partial charge in [0.1, 0.15) is 0 Å². The zero-order valence-electron chi connectivity index (χ0n) is 16.6. The van der Waals surface area contributed by atoms with E-state index in [-0.39, 0.29) is 16.8 Å². The fraction of sp³-hybridized carbons (Fsp3) is 0.500. The van der Waals surface area contributed by atoms with Gasteiger partial charge in [-0.25, -0.2) is 8.42 Å². The number of hydrogen-bond donors (Lipinski definition) is 1. The summed E-state index contributed by atoms with van der Waals surface area (Å²) in [4.78, 5) is 24.3. The molecule has 0 saturated carbocycles. The Balaban J connectivity index is 2.04. The summed E-state index contributed by atoms with van der Waals surface area (Å²) in [6.45, 7) is 5.64. The minimum absolute atomic E-state index is 0.114. The number of anilines is 1. The highest BCUT2D eigenvalue weighted by atomic mass is 32.2. The average molecular weight is 409 g/mol. The van der Waals surface area contributed by atoms with Gasteiger partial charge in [-0.3, -0.25) is 9.59 Å². The molecule has 0 aromatic heterocycles. The molecule has 0 spiro atoms. The maximum atomic E-state index is 12.7. The molecule has 2 rings (SSSR count). The maximum absolute atomic E-state index is 12.7. The Hall–Kier alpha value is -2.19. The molecule has 7 nitrogen and oxygen atoms in total. The van der Waals surface area contributed by atoms with Crippen LogP contribution in [-0.2, 0) is 24.3 Å². The van der Waals surface area contributed by atoms with Crippen LogP contribution in [0.5, 0.6) is 0 Å². The van der Waals surface area contributed by atoms with Crippen molar-refractivity contribution < 1.29 is 22.7 Å². The van der Waals surface area contributed by atoms with E-state index in [4.69, 9.17) is 4.74 Å². The fourth-order valence-corrected chi connectivity index (χ4v) is 4.54. The van der Waals surface area contributed by atoms with Gasteiger partial charge in [0.05, 0.1) is 10.8 Å². The van der Waals surface area contributed by atoms with E-state index >= 15 is 0 Å². The Morgan fingerprint density at radius 1 is 1.21 bits per heavy atom. The summed E-state index contributed by atoms with van der Waals surface area (Å²) < 4.78 is 31.8. The lowest BCUT2D eigenvalue weighted by Crippen LogP contribution is -2.30. The largest absolute Gasteiger partial charge is 0.455 e. The van der Waals surface area contributed by atoms with E-state index in [0.717, 1.165) is 18.4 Å². The Bertz CT molecular complexity index is 844. The van der Waals surface area contributed by atoms with E-state index in [0.29, 0.717) is 25.2 Å². The Kier molecular flexibility index (Phi) is 7.77. The molecule has 28 heavy (non-hydrogen) atoms. The van der Waals surface area contributed by atoms with Crippen molar-refractivity contribution in [3.8, 4) is 0 Å². The number of allylic oxidation sites excluding steroid dienone is 2. The van der Waals surface area contributed by atoms with Gasteiger partial charge in [-0.2, -0.15) is 4.31 Å². The molecule has 0 fully saturated rings. The molecule has 1 atom stereocenters. The lowest BCUT2D eigenvalue weighted by Gasteiger charge is -2.19. The third-order valence-electron chi connectivity index (χ3n) is 4.77. The normalized spacial score (nSPS) is 16.8. The van der Waals surface area contributed by atoms with Gasteiger partial charge < -0.3 is 10.1 Å². The molecule has 1 aliphatic carbocycles. The number of carbonyl (C=O) groups is 2. The standard InChI is InChI=1S/C20H28N2O5S/c1-4-22(5-2)28(25,26)17-12-11-15(3)18(13-17)21-19(23)14-27-20(24)16-9-7-6-8-10-16/h6-7,11-13,16H,4-5,8-10,14H2,1-3H3,(H,21,23)/t16-/m0/s1. The molecule has 8 heteroatoms. The SMILES string of the molecule is CCN(CC)S(=O)(=O)c1ccc(C)c(NC(=O)COC(=O)[C@H]2CC=CCC2)c1. The molecule has 0 aliphatic heterocycles. The van der Waals surface area contributed by atoms with Gasteiger partial charge in [-0.1, -0.05) is 32.1 Å². The molecule has 0 bridgehead atoms. The summed E-state index contributed by atoms with van der Waals surface area (Å²) in [5.41, 5.74) is 1.10. The topological polar surface area (TPSA) is 92.8 Å². The Labute approximate surface area is 166 Å². The number of esters is 1. The summed E-state index contributed by atoms with van der Waals surface area (Å²) in [5, 5.41) is 2.64. The minimum Gasteiger partial charge on any atom is -0.455 e. The molecule has 0 saturated heterocycles. The number of carbonyl (C=O) groups excluding carboxylic acids is 2. The lowest BCUT2D eigenvalue weighted by molar-refractivity contribution is -0.151. The van der Waals surface area contributed by atoms with Crippen molar-refractivity contribution in [2.75, 3.05) is 25.0 Å². The monoisotopic (exact) mass is 408 g/mol. The highest BCUT2D eigenvalue weighted by molar-refractivity contribution is 7.89. The molecule has 154 valence electrons. The number of nitrogens with zero attached hydrogens (tertiary/aromatic N) is 1. The van der Waals surface area contributed by atoms with Gasteiger partial charge in [-0.05, 0) is 43.9 Å². The molecule has 0 unspecified atom stereocenters. The zero-order valence-corrected chi connectivity index (χ0v) is 17.4. The molecule has 1 amide bonds. The first-order chi connectivity index (χ1) is 13.3. The molecule has 1 N–H and O–H groups in total. The van der Waals surface area contributed by atoms with Crippen LogP contribution < -0.4 is 5.32 Å². The third kappa shape index (κ3) is 5.42. The van der Waals surface area contributed by atoms with E-state index in [9.17, 15) is 18.0 Å². The minimum atomic E-state index is -3.63. The van der Waals surface area contributed by atoms with Crippen LogP contribution in [0.2, 0.25) is 0 Å². The summed E-state index contributed by atoms with van der Waals surface area (Å²) in [5.74, 6) is -1.09. The number of rotatable bonds is 8. The number of aryl methyl sites for hydroxylation is 1. The van der Waals surface area contributed by atoms with E-state index in [1.807, 2.05) is 12.2 Å². The van der Waals surface area contributed by atoms with Crippen molar-refractivity contribution in [2.45, 2.75) is 44.9 Å². The molecular formula is C20H28N2O5S. The van der Waals surface area contributed by atoms with Crippen LogP contribution >= 0.6 is 0 Å². The van der Waals surface area contributed by atoms with E-state index in [1.165, 1.54) is 16.4 Å². The van der Waals surface area contributed by atoms with Crippen molar-refractivity contribution in [2.24, 2.45) is 5.92 Å². The predicted molar refractivity (Wildman–Crippen MR) is 107 cm³/mol. The van der Waals surface area contributed by atoms with Crippen LogP contribution in [0.15, 0.2) is 35.2 Å². The molecule has 1 aromatic carbocycles. The van der Waals surface area contributed by atoms with Gasteiger partial charge in [0.15, 0.2) is 6.61 Å². The Morgan fingerprint density at radius 2 is 1.93 bits per heavy atom. The second-order valence-electron chi connectivity index (χ2n) is 6.70. The first kappa shape index (κ1) is 22.1. The van der Waals surface area contributed by atoms with Crippen LogP contribution in [0.25, 0.3) is 0 Å². The highest BCUT2D eigenvalue weighted by Gasteiger charge is 2.23. The summed E-state index contributed by atoms with van der Waals surface area (Å²) in [6, 6.07) is 4.61. The molecule has 1 aromatic rings. The number of nitrogens with one attached hydrogen (secondary N) is 1. The van der Waals surface area contributed by atoms with Crippen LogP contribution in [0.3, 0.4) is 0 Å². The lowest BCUT2D eigenvalue weighted by atomic mass is 9.95. The van der Waals surface area contributed by atoms with E-state index in [1.54, 1.807) is 26.8 Å². The van der Waals surface area contributed by atoms with Crippen molar-refractivity contribution in [3.63, 3.8) is 0 Å². The summed E-state index contributed by atoms with van der Waals surface area (Å²) in [6.07, 6.45) is 6.16. The van der Waals surface area contributed by atoms with Gasteiger partial charge in [0.2, 0.25) is 10.0 Å². The maximum Gasteiger partial charge on any atom is 0.309 e. The number of benzene rings is 1. The van der Waals surface area contributed by atoms with Gasteiger partial charge >= 0.3 is 5.97 Å². The van der Waals surface area contributed by atoms with Crippen molar-refractivity contribution in [1.29, 1.82) is 0 Å². The zero-order chi connectivity index (χ0) is 20.7. The van der Waals surface area contributed by atoms with Crippen LogP contribution in [-0.4, -0.2) is 44.3 Å². The van der Waals surface area contributed by atoms with E-state index < -0.39 is 22.5 Å². The first-order valence-electron chi connectivity index (χ1n) is 9.51. The van der Waals surface area contributed by atoms with Crippen molar-refractivity contribution in [1.82, 2.24) is 4.31 Å². The number of amides is 1. The van der Waals surface area contributed by atoms with Crippen LogP contribution in [0.1, 0.15) is 38.7 Å². The molecular weight excluding hydrogens is 380 g/mol. The second kappa shape index (κ2) is 9.84. The Morgan fingerprint density at radius 3 is 2.54 bits per heavy atom. The second-order valence-corrected chi connectivity index (χ2v) is 8.64. The predicted octanol–water partition coefficient (Wildman–Crippen LogP) is 2.86. The molecule has 0 heterocycles. The number of sulfonamides is 1. The number of ether oxygens (including phenoxy) is 1. The quantitative estimate of drug-likeness (QED) is 0.527. The van der Waals surface area contributed by atoms with Gasteiger partial charge in [0, 0.05) is 18.8 Å². The van der Waals surface area contributed by atoms with Gasteiger partial charge in [-0.15, -0.1) is 0 Å². The summed E-state index contributed by atoms with van der Waals surface area (Å²) >= 11 is 0. The van der Waals surface area contributed by atoms with Crippen molar-refractivity contribution in [3.05, 3.63) is 35.9 Å². The van der Waals surface area contributed by atoms with Crippen molar-refractivity contribution >= 4 is 27.6 Å². The molecule has 1 aliphatic rings. The number of hydrogen-bond acceptors (Lipinski definition) is 5. The first-order valence-corrected chi connectivity index (χ1v) is 11.0. The highest BCUT2D eigenvalue weighted by Crippen LogP contribution is 2.23. The summed E-state index contributed by atoms with van der Waals surface area (Å²) in [7, 11) is -3.63. The molecule has 0 radical (unpaired) electrons.